The first-order valence-electron chi connectivity index (χ1n) is 6.11. The van der Waals surface area contributed by atoms with Gasteiger partial charge in [0.05, 0.1) is 19.1 Å². The monoisotopic (exact) mass is 280 g/mol. The van der Waals surface area contributed by atoms with Gasteiger partial charge >= 0.3 is 5.97 Å². The molecule has 2 aromatic rings. The molecule has 2 rings (SSSR count). The van der Waals surface area contributed by atoms with Crippen LogP contribution in [0.15, 0.2) is 29.6 Å². The second-order valence-corrected chi connectivity index (χ2v) is 5.12. The van der Waals surface area contributed by atoms with Crippen LogP contribution in [0, 0.1) is 0 Å². The molecule has 0 bridgehead atoms. The van der Waals surface area contributed by atoms with E-state index < -0.39 is 18.2 Å². The summed E-state index contributed by atoms with van der Waals surface area (Å²) in [4.78, 5) is 11.3. The highest BCUT2D eigenvalue weighted by Gasteiger charge is 2.24. The van der Waals surface area contributed by atoms with Gasteiger partial charge in [0.1, 0.15) is 6.10 Å². The third-order valence-electron chi connectivity index (χ3n) is 2.88. The molecule has 2 N–H and O–H groups in total. The van der Waals surface area contributed by atoms with Crippen LogP contribution < -0.4 is 0 Å². The molecule has 5 heteroatoms. The molecule has 0 amide bonds. The van der Waals surface area contributed by atoms with Crippen molar-refractivity contribution in [1.29, 1.82) is 0 Å². The molecule has 2 unspecified atom stereocenters. The van der Waals surface area contributed by atoms with Crippen molar-refractivity contribution in [3.63, 3.8) is 0 Å². The molecule has 4 nitrogen and oxygen atoms in total. The number of carbonyl (C=O) groups excluding carboxylic acids is 1. The van der Waals surface area contributed by atoms with E-state index in [0.717, 1.165) is 10.1 Å². The largest absolute Gasteiger partial charge is 0.466 e. The van der Waals surface area contributed by atoms with E-state index in [1.165, 1.54) is 11.3 Å². The van der Waals surface area contributed by atoms with Crippen molar-refractivity contribution in [2.75, 3.05) is 6.61 Å². The summed E-state index contributed by atoms with van der Waals surface area (Å²) in [6.45, 7) is 1.97. The van der Waals surface area contributed by atoms with Gasteiger partial charge in [-0.1, -0.05) is 18.2 Å². The van der Waals surface area contributed by atoms with Crippen LogP contribution in [0.1, 0.15) is 25.0 Å². The van der Waals surface area contributed by atoms with Crippen molar-refractivity contribution >= 4 is 27.4 Å². The van der Waals surface area contributed by atoms with E-state index in [9.17, 15) is 15.0 Å². The first kappa shape index (κ1) is 14.0. The summed E-state index contributed by atoms with van der Waals surface area (Å²) >= 11 is 1.50. The van der Waals surface area contributed by atoms with Crippen molar-refractivity contribution in [2.24, 2.45) is 0 Å². The number of esters is 1. The molecule has 102 valence electrons. The molecule has 0 fully saturated rings. The molecule has 0 aliphatic carbocycles. The molecule has 0 radical (unpaired) electrons. The number of hydrogen-bond acceptors (Lipinski definition) is 5. The van der Waals surface area contributed by atoms with E-state index in [2.05, 4.69) is 0 Å². The van der Waals surface area contributed by atoms with E-state index >= 15 is 0 Å². The number of benzene rings is 1. The molecule has 2 atom stereocenters. The van der Waals surface area contributed by atoms with Crippen LogP contribution in [-0.2, 0) is 9.53 Å². The van der Waals surface area contributed by atoms with Gasteiger partial charge in [-0.25, -0.2) is 0 Å². The van der Waals surface area contributed by atoms with E-state index in [-0.39, 0.29) is 13.0 Å². The van der Waals surface area contributed by atoms with Crippen molar-refractivity contribution in [2.45, 2.75) is 25.6 Å². The van der Waals surface area contributed by atoms with Crippen LogP contribution in [0.3, 0.4) is 0 Å². The Bertz CT molecular complexity index is 563. The lowest BCUT2D eigenvalue weighted by molar-refractivity contribution is -0.147. The zero-order chi connectivity index (χ0) is 13.8. The van der Waals surface area contributed by atoms with Gasteiger partial charge in [-0.05, 0) is 23.8 Å². The fourth-order valence-electron chi connectivity index (χ4n) is 1.94. The van der Waals surface area contributed by atoms with E-state index in [1.54, 1.807) is 6.92 Å². The van der Waals surface area contributed by atoms with Crippen molar-refractivity contribution < 1.29 is 19.7 Å². The third kappa shape index (κ3) is 3.12. The molecule has 1 aromatic heterocycles. The Labute approximate surface area is 115 Å². The molecular formula is C14H16O4S. The van der Waals surface area contributed by atoms with Gasteiger partial charge in [0.25, 0.3) is 0 Å². The number of ether oxygens (including phenoxy) is 1. The molecule has 0 aliphatic rings. The zero-order valence-electron chi connectivity index (χ0n) is 10.6. The minimum atomic E-state index is -1.16. The molecule has 0 saturated heterocycles. The molecular weight excluding hydrogens is 264 g/mol. The van der Waals surface area contributed by atoms with Gasteiger partial charge in [0, 0.05) is 10.3 Å². The standard InChI is InChI=1S/C14H16O4S/c1-2-18-13(16)7-11(15)14(17)10-8-19-12-6-4-3-5-9(10)12/h3-6,8,11,14-15,17H,2,7H2,1H3. The lowest BCUT2D eigenvalue weighted by Gasteiger charge is -2.16. The number of hydrogen-bond donors (Lipinski definition) is 2. The number of fused-ring (bicyclic) bond motifs is 1. The van der Waals surface area contributed by atoms with Crippen LogP contribution in [0.2, 0.25) is 0 Å². The summed E-state index contributed by atoms with van der Waals surface area (Å²) in [6, 6.07) is 7.64. The van der Waals surface area contributed by atoms with Gasteiger partial charge in [0.2, 0.25) is 0 Å². The lowest BCUT2D eigenvalue weighted by atomic mass is 10.0. The maximum absolute atomic E-state index is 11.3. The number of thiophene rings is 1. The highest BCUT2D eigenvalue weighted by Crippen LogP contribution is 2.32. The molecule has 0 saturated carbocycles. The minimum absolute atomic E-state index is 0.209. The van der Waals surface area contributed by atoms with Crippen molar-refractivity contribution in [1.82, 2.24) is 0 Å². The van der Waals surface area contributed by atoms with Crippen LogP contribution in [0.5, 0.6) is 0 Å². The predicted molar refractivity (Wildman–Crippen MR) is 74.0 cm³/mol. The van der Waals surface area contributed by atoms with Gasteiger partial charge in [-0.2, -0.15) is 0 Å². The van der Waals surface area contributed by atoms with Gasteiger partial charge in [0.15, 0.2) is 0 Å². The highest BCUT2D eigenvalue weighted by atomic mass is 32.1. The molecule has 19 heavy (non-hydrogen) atoms. The molecule has 0 aliphatic heterocycles. The third-order valence-corrected chi connectivity index (χ3v) is 3.86. The summed E-state index contributed by atoms with van der Waals surface area (Å²) in [6.07, 6.45) is -2.45. The smallest absolute Gasteiger partial charge is 0.308 e. The van der Waals surface area contributed by atoms with Crippen LogP contribution in [-0.4, -0.2) is 28.9 Å². The Balaban J connectivity index is 2.14. The van der Waals surface area contributed by atoms with E-state index in [1.807, 2.05) is 29.6 Å². The van der Waals surface area contributed by atoms with Crippen molar-refractivity contribution in [3.05, 3.63) is 35.2 Å². The lowest BCUT2D eigenvalue weighted by Crippen LogP contribution is -2.23. The quantitative estimate of drug-likeness (QED) is 0.824. The SMILES string of the molecule is CCOC(=O)CC(O)C(O)c1csc2ccccc12. The Hall–Kier alpha value is -1.43. The summed E-state index contributed by atoms with van der Waals surface area (Å²) in [7, 11) is 0. The predicted octanol–water partition coefficient (Wildman–Crippen LogP) is 2.25. The van der Waals surface area contributed by atoms with E-state index in [4.69, 9.17) is 4.74 Å². The Morgan fingerprint density at radius 2 is 2.11 bits per heavy atom. The Morgan fingerprint density at radius 1 is 1.37 bits per heavy atom. The summed E-state index contributed by atoms with van der Waals surface area (Å²) < 4.78 is 5.80. The van der Waals surface area contributed by atoms with E-state index in [0.29, 0.717) is 5.56 Å². The summed E-state index contributed by atoms with van der Waals surface area (Å²) in [5.41, 5.74) is 0.650. The summed E-state index contributed by atoms with van der Waals surface area (Å²) in [5.74, 6) is -0.506. The minimum Gasteiger partial charge on any atom is -0.466 e. The number of rotatable bonds is 5. The first-order chi connectivity index (χ1) is 9.13. The first-order valence-corrected chi connectivity index (χ1v) is 6.99. The number of carbonyl (C=O) groups is 1. The Kier molecular flexibility index (Phi) is 4.52. The van der Waals surface area contributed by atoms with Crippen molar-refractivity contribution in [3.8, 4) is 0 Å². The second kappa shape index (κ2) is 6.14. The fourth-order valence-corrected chi connectivity index (χ4v) is 2.93. The van der Waals surface area contributed by atoms with Gasteiger partial charge in [-0.15, -0.1) is 11.3 Å². The zero-order valence-corrected chi connectivity index (χ0v) is 11.4. The maximum atomic E-state index is 11.3. The van der Waals surface area contributed by atoms with Gasteiger partial charge in [-0.3, -0.25) is 4.79 Å². The normalized spacial score (nSPS) is 14.3. The fraction of sp³-hybridized carbons (Fsp3) is 0.357. The average molecular weight is 280 g/mol. The Morgan fingerprint density at radius 3 is 2.84 bits per heavy atom. The second-order valence-electron chi connectivity index (χ2n) is 4.21. The number of aliphatic hydroxyl groups excluding tert-OH is 2. The van der Waals surface area contributed by atoms with Crippen LogP contribution >= 0.6 is 11.3 Å². The topological polar surface area (TPSA) is 66.8 Å². The van der Waals surface area contributed by atoms with Crippen LogP contribution in [0.25, 0.3) is 10.1 Å². The van der Waals surface area contributed by atoms with Gasteiger partial charge < -0.3 is 14.9 Å². The maximum Gasteiger partial charge on any atom is 0.308 e. The number of aliphatic hydroxyl groups is 2. The molecule has 1 heterocycles. The summed E-state index contributed by atoms with van der Waals surface area (Å²) in [5, 5.41) is 22.8. The molecule has 0 spiro atoms. The van der Waals surface area contributed by atoms with Crippen LogP contribution in [0.4, 0.5) is 0 Å². The molecule has 1 aromatic carbocycles. The highest BCUT2D eigenvalue weighted by molar-refractivity contribution is 7.17. The average Bonchev–Trinajstić information content (AvgIpc) is 2.81.